The number of allylic oxidation sites excluding steroid dienone is 1. The number of hydrogen-bond donors (Lipinski definition) is 1. The van der Waals surface area contributed by atoms with Crippen molar-refractivity contribution in [1.29, 1.82) is 0 Å². The van der Waals surface area contributed by atoms with Crippen molar-refractivity contribution >= 4 is 22.9 Å². The number of nitrogens with zero attached hydrogens (tertiary/aromatic N) is 1. The zero-order valence-electron chi connectivity index (χ0n) is 12.9. The minimum atomic E-state index is -0.291. The summed E-state index contributed by atoms with van der Waals surface area (Å²) in [7, 11) is 3.84. The lowest BCUT2D eigenvalue weighted by molar-refractivity contribution is -0.111. The van der Waals surface area contributed by atoms with E-state index in [0.717, 1.165) is 22.5 Å². The van der Waals surface area contributed by atoms with Crippen LogP contribution in [-0.4, -0.2) is 20.0 Å². The van der Waals surface area contributed by atoms with Crippen LogP contribution in [-0.2, 0) is 4.79 Å². The molecule has 114 valence electrons. The fourth-order valence-electron chi connectivity index (χ4n) is 2.13. The number of nitrogens with one attached hydrogen (secondary N) is 1. The molecule has 0 radical (unpaired) electrons. The summed E-state index contributed by atoms with van der Waals surface area (Å²) in [5.41, 5.74) is 3.28. The number of para-hydroxylation sites is 2. The van der Waals surface area contributed by atoms with E-state index < -0.39 is 0 Å². The van der Waals surface area contributed by atoms with Crippen molar-refractivity contribution in [3.05, 3.63) is 66.0 Å². The molecule has 0 saturated carbocycles. The van der Waals surface area contributed by atoms with E-state index in [4.69, 9.17) is 0 Å². The fraction of sp³-hybridized carbons (Fsp3) is 0.167. The second-order valence-electron chi connectivity index (χ2n) is 5.24. The summed E-state index contributed by atoms with van der Waals surface area (Å²) >= 11 is 0. The van der Waals surface area contributed by atoms with Gasteiger partial charge in [-0.1, -0.05) is 24.3 Å². The Morgan fingerprint density at radius 3 is 2.36 bits per heavy atom. The molecular formula is C18H19FN2O. The van der Waals surface area contributed by atoms with E-state index in [-0.39, 0.29) is 11.7 Å². The van der Waals surface area contributed by atoms with Crippen LogP contribution in [0.3, 0.4) is 0 Å². The molecular weight excluding hydrogens is 279 g/mol. The maximum Gasteiger partial charge on any atom is 0.248 e. The highest BCUT2D eigenvalue weighted by atomic mass is 19.1. The summed E-state index contributed by atoms with van der Waals surface area (Å²) in [5.74, 6) is -0.503. The van der Waals surface area contributed by atoms with E-state index in [2.05, 4.69) is 5.32 Å². The SMILES string of the molecule is C/C(=C/C(=O)Nc1ccccc1N(C)C)c1ccc(F)cc1. The molecule has 2 aromatic rings. The van der Waals surface area contributed by atoms with Crippen LogP contribution in [0, 0.1) is 5.82 Å². The van der Waals surface area contributed by atoms with Gasteiger partial charge in [-0.15, -0.1) is 0 Å². The predicted molar refractivity (Wildman–Crippen MR) is 89.4 cm³/mol. The van der Waals surface area contributed by atoms with Crippen LogP contribution in [0.1, 0.15) is 12.5 Å². The van der Waals surface area contributed by atoms with Gasteiger partial charge in [0, 0.05) is 20.2 Å². The van der Waals surface area contributed by atoms with Gasteiger partial charge in [-0.3, -0.25) is 4.79 Å². The highest BCUT2D eigenvalue weighted by molar-refractivity contribution is 6.05. The average molecular weight is 298 g/mol. The van der Waals surface area contributed by atoms with Crippen molar-refractivity contribution in [2.24, 2.45) is 0 Å². The fourth-order valence-corrected chi connectivity index (χ4v) is 2.13. The van der Waals surface area contributed by atoms with Crippen LogP contribution in [0.25, 0.3) is 5.57 Å². The molecule has 0 aliphatic carbocycles. The molecule has 3 nitrogen and oxygen atoms in total. The van der Waals surface area contributed by atoms with E-state index in [1.165, 1.54) is 18.2 Å². The number of halogens is 1. The van der Waals surface area contributed by atoms with Crippen molar-refractivity contribution in [1.82, 2.24) is 0 Å². The van der Waals surface area contributed by atoms with Gasteiger partial charge < -0.3 is 10.2 Å². The number of anilines is 2. The zero-order chi connectivity index (χ0) is 16.1. The molecule has 0 aliphatic heterocycles. The molecule has 0 heterocycles. The second-order valence-corrected chi connectivity index (χ2v) is 5.24. The van der Waals surface area contributed by atoms with Crippen LogP contribution < -0.4 is 10.2 Å². The third kappa shape index (κ3) is 3.95. The summed E-state index contributed by atoms with van der Waals surface area (Å²) in [4.78, 5) is 14.1. The standard InChI is InChI=1S/C18H19FN2O/c1-13(14-8-10-15(19)11-9-14)12-18(22)20-16-6-4-5-7-17(16)21(2)3/h4-12H,1-3H3,(H,20,22)/b13-12-. The van der Waals surface area contributed by atoms with Gasteiger partial charge in [0.2, 0.25) is 5.91 Å². The molecule has 1 N–H and O–H groups in total. The van der Waals surface area contributed by atoms with Crippen molar-refractivity contribution in [3.8, 4) is 0 Å². The molecule has 0 bridgehead atoms. The second kappa shape index (κ2) is 6.89. The van der Waals surface area contributed by atoms with Crippen LogP contribution in [0.5, 0.6) is 0 Å². The Morgan fingerprint density at radius 2 is 1.73 bits per heavy atom. The summed E-state index contributed by atoms with van der Waals surface area (Å²) < 4.78 is 12.9. The van der Waals surface area contributed by atoms with E-state index >= 15 is 0 Å². The third-order valence-electron chi connectivity index (χ3n) is 3.29. The Morgan fingerprint density at radius 1 is 1.09 bits per heavy atom. The third-order valence-corrected chi connectivity index (χ3v) is 3.29. The molecule has 2 aromatic carbocycles. The summed E-state index contributed by atoms with van der Waals surface area (Å²) in [6, 6.07) is 13.7. The van der Waals surface area contributed by atoms with Gasteiger partial charge in [0.1, 0.15) is 5.82 Å². The summed E-state index contributed by atoms with van der Waals surface area (Å²) in [6.07, 6.45) is 1.51. The lowest BCUT2D eigenvalue weighted by Crippen LogP contribution is -2.15. The Kier molecular flexibility index (Phi) is 4.94. The molecule has 1 amide bonds. The summed E-state index contributed by atoms with van der Waals surface area (Å²) in [5, 5.41) is 2.87. The quantitative estimate of drug-likeness (QED) is 0.867. The van der Waals surface area contributed by atoms with E-state index in [0.29, 0.717) is 0 Å². The van der Waals surface area contributed by atoms with Crippen LogP contribution >= 0.6 is 0 Å². The van der Waals surface area contributed by atoms with Gasteiger partial charge in [-0.05, 0) is 42.3 Å². The van der Waals surface area contributed by atoms with Gasteiger partial charge in [0.05, 0.1) is 11.4 Å². The number of benzene rings is 2. The van der Waals surface area contributed by atoms with Crippen LogP contribution in [0.15, 0.2) is 54.6 Å². The van der Waals surface area contributed by atoms with Crippen molar-refractivity contribution in [2.75, 3.05) is 24.3 Å². The van der Waals surface area contributed by atoms with Gasteiger partial charge in [-0.25, -0.2) is 4.39 Å². The van der Waals surface area contributed by atoms with E-state index in [1.54, 1.807) is 12.1 Å². The highest BCUT2D eigenvalue weighted by Gasteiger charge is 2.07. The zero-order valence-corrected chi connectivity index (χ0v) is 12.9. The van der Waals surface area contributed by atoms with Crippen LogP contribution in [0.2, 0.25) is 0 Å². The maximum atomic E-state index is 12.9. The highest BCUT2D eigenvalue weighted by Crippen LogP contribution is 2.23. The monoisotopic (exact) mass is 298 g/mol. The van der Waals surface area contributed by atoms with E-state index in [1.807, 2.05) is 50.2 Å². The smallest absolute Gasteiger partial charge is 0.248 e. The predicted octanol–water partition coefficient (Wildman–Crippen LogP) is 3.93. The summed E-state index contributed by atoms with van der Waals surface area (Å²) in [6.45, 7) is 1.82. The Bertz CT molecular complexity index is 690. The normalized spacial score (nSPS) is 11.2. The Hall–Kier alpha value is -2.62. The number of carbonyl (C=O) groups excluding carboxylic acids is 1. The maximum absolute atomic E-state index is 12.9. The molecule has 22 heavy (non-hydrogen) atoms. The average Bonchev–Trinajstić information content (AvgIpc) is 2.48. The van der Waals surface area contributed by atoms with Gasteiger partial charge in [0.25, 0.3) is 0 Å². The molecule has 0 atom stereocenters. The van der Waals surface area contributed by atoms with Gasteiger partial charge in [-0.2, -0.15) is 0 Å². The Labute approximate surface area is 130 Å². The first-order chi connectivity index (χ1) is 10.5. The first kappa shape index (κ1) is 15.8. The van der Waals surface area contributed by atoms with Crippen LogP contribution in [0.4, 0.5) is 15.8 Å². The molecule has 0 aliphatic rings. The lowest BCUT2D eigenvalue weighted by Gasteiger charge is -2.17. The number of amides is 1. The minimum absolute atomic E-state index is 0.212. The molecule has 0 aromatic heterocycles. The van der Waals surface area contributed by atoms with Crippen molar-refractivity contribution in [2.45, 2.75) is 6.92 Å². The molecule has 0 fully saturated rings. The van der Waals surface area contributed by atoms with Gasteiger partial charge >= 0.3 is 0 Å². The molecule has 2 rings (SSSR count). The topological polar surface area (TPSA) is 32.3 Å². The largest absolute Gasteiger partial charge is 0.376 e. The van der Waals surface area contributed by atoms with E-state index in [9.17, 15) is 9.18 Å². The first-order valence-corrected chi connectivity index (χ1v) is 6.99. The molecule has 0 unspecified atom stereocenters. The number of hydrogen-bond acceptors (Lipinski definition) is 2. The van der Waals surface area contributed by atoms with Gasteiger partial charge in [0.15, 0.2) is 0 Å². The molecule has 0 saturated heterocycles. The Balaban J connectivity index is 2.16. The minimum Gasteiger partial charge on any atom is -0.376 e. The van der Waals surface area contributed by atoms with Crippen molar-refractivity contribution in [3.63, 3.8) is 0 Å². The number of rotatable bonds is 4. The number of carbonyl (C=O) groups is 1. The van der Waals surface area contributed by atoms with Crippen molar-refractivity contribution < 1.29 is 9.18 Å². The lowest BCUT2D eigenvalue weighted by atomic mass is 10.1. The molecule has 4 heteroatoms. The first-order valence-electron chi connectivity index (χ1n) is 6.99. The molecule has 0 spiro atoms.